The van der Waals surface area contributed by atoms with Gasteiger partial charge in [0.1, 0.15) is 11.3 Å². The molecule has 1 amide bonds. The van der Waals surface area contributed by atoms with Gasteiger partial charge < -0.3 is 10.1 Å². The number of nitrogens with one attached hydrogen (secondary N) is 1. The fraction of sp³-hybridized carbons (Fsp3) is 0.185. The Morgan fingerprint density at radius 1 is 1.00 bits per heavy atom. The van der Waals surface area contributed by atoms with Gasteiger partial charge in [0, 0.05) is 29.8 Å². The van der Waals surface area contributed by atoms with Gasteiger partial charge in [-0.2, -0.15) is 5.10 Å². The third-order valence-corrected chi connectivity index (χ3v) is 5.47. The van der Waals surface area contributed by atoms with E-state index in [0.29, 0.717) is 11.3 Å². The SMILES string of the molecule is Cc1cc(C)c(NC(=O)[C@H](C)OC(=O)c2cn(-c3ccccc3)nc2-c2cccnc2)c(C)c1. The first kappa shape index (κ1) is 22.9. The fourth-order valence-corrected chi connectivity index (χ4v) is 3.83. The normalized spacial score (nSPS) is 11.6. The second-order valence-electron chi connectivity index (χ2n) is 8.22. The summed E-state index contributed by atoms with van der Waals surface area (Å²) in [6.07, 6.45) is 3.89. The largest absolute Gasteiger partial charge is 0.449 e. The van der Waals surface area contributed by atoms with Crippen LogP contribution in [0.25, 0.3) is 16.9 Å². The number of ether oxygens (including phenoxy) is 1. The molecule has 0 aliphatic rings. The lowest BCUT2D eigenvalue weighted by atomic mass is 10.0. The summed E-state index contributed by atoms with van der Waals surface area (Å²) in [5.41, 5.74) is 5.89. The van der Waals surface area contributed by atoms with Crippen LogP contribution in [0, 0.1) is 20.8 Å². The molecule has 0 aliphatic heterocycles. The van der Waals surface area contributed by atoms with E-state index in [2.05, 4.69) is 15.4 Å². The lowest BCUT2D eigenvalue weighted by Gasteiger charge is -2.17. The highest BCUT2D eigenvalue weighted by molar-refractivity contribution is 6.00. The molecule has 0 unspecified atom stereocenters. The van der Waals surface area contributed by atoms with Crippen molar-refractivity contribution in [3.8, 4) is 16.9 Å². The number of pyridine rings is 1. The van der Waals surface area contributed by atoms with Gasteiger partial charge in [0.25, 0.3) is 5.91 Å². The topological polar surface area (TPSA) is 86.1 Å². The van der Waals surface area contributed by atoms with Crippen molar-refractivity contribution in [3.63, 3.8) is 0 Å². The van der Waals surface area contributed by atoms with E-state index < -0.39 is 18.0 Å². The summed E-state index contributed by atoms with van der Waals surface area (Å²) in [5, 5.41) is 7.49. The van der Waals surface area contributed by atoms with Crippen LogP contribution in [0.5, 0.6) is 0 Å². The Balaban J connectivity index is 1.59. The molecule has 172 valence electrons. The molecule has 0 fully saturated rings. The molecule has 1 atom stereocenters. The molecule has 4 aromatic rings. The predicted molar refractivity (Wildman–Crippen MR) is 131 cm³/mol. The van der Waals surface area contributed by atoms with Crippen LogP contribution < -0.4 is 5.32 Å². The van der Waals surface area contributed by atoms with Gasteiger partial charge in [-0.15, -0.1) is 0 Å². The summed E-state index contributed by atoms with van der Waals surface area (Å²) in [7, 11) is 0. The van der Waals surface area contributed by atoms with Gasteiger partial charge >= 0.3 is 5.97 Å². The lowest BCUT2D eigenvalue weighted by molar-refractivity contribution is -0.123. The number of carbonyl (C=O) groups is 2. The molecule has 4 rings (SSSR count). The molecule has 2 aromatic heterocycles. The monoisotopic (exact) mass is 454 g/mol. The molecule has 0 aliphatic carbocycles. The minimum atomic E-state index is -1.01. The standard InChI is InChI=1S/C27H26N4O3/c1-17-13-18(2)24(19(3)14-17)29-26(32)20(4)34-27(33)23-16-31(22-10-6-5-7-11-22)30-25(23)21-9-8-12-28-15-21/h5-16,20H,1-4H3,(H,29,32)/t20-/m0/s1. The molecule has 1 N–H and O–H groups in total. The third kappa shape index (κ3) is 4.88. The van der Waals surface area contributed by atoms with Crippen molar-refractivity contribution in [2.45, 2.75) is 33.8 Å². The summed E-state index contributed by atoms with van der Waals surface area (Å²) in [6, 6.07) is 17.0. The Morgan fingerprint density at radius 3 is 2.35 bits per heavy atom. The predicted octanol–water partition coefficient (Wildman–Crippen LogP) is 5.04. The van der Waals surface area contributed by atoms with E-state index >= 15 is 0 Å². The number of para-hydroxylation sites is 1. The van der Waals surface area contributed by atoms with Gasteiger partial charge in [0.05, 0.1) is 5.69 Å². The number of benzene rings is 2. The zero-order chi connectivity index (χ0) is 24.2. The van der Waals surface area contributed by atoms with Crippen LogP contribution in [-0.2, 0) is 9.53 Å². The number of rotatable bonds is 6. The Labute approximate surface area is 198 Å². The average molecular weight is 455 g/mol. The highest BCUT2D eigenvalue weighted by Gasteiger charge is 2.25. The first-order chi connectivity index (χ1) is 16.3. The summed E-state index contributed by atoms with van der Waals surface area (Å²) in [4.78, 5) is 30.1. The molecule has 2 aromatic carbocycles. The Hall–Kier alpha value is -4.26. The van der Waals surface area contributed by atoms with Gasteiger partial charge in [-0.05, 0) is 63.1 Å². The van der Waals surface area contributed by atoms with E-state index in [1.165, 1.54) is 0 Å². The molecule has 2 heterocycles. The van der Waals surface area contributed by atoms with Crippen LogP contribution >= 0.6 is 0 Å². The molecule has 0 spiro atoms. The summed E-state index contributed by atoms with van der Waals surface area (Å²) < 4.78 is 7.17. The van der Waals surface area contributed by atoms with Crippen LogP contribution in [0.4, 0.5) is 5.69 Å². The van der Waals surface area contributed by atoms with Crippen molar-refractivity contribution in [2.24, 2.45) is 0 Å². The highest BCUT2D eigenvalue weighted by atomic mass is 16.5. The molecule has 0 bridgehead atoms. The molecular weight excluding hydrogens is 428 g/mol. The first-order valence-corrected chi connectivity index (χ1v) is 11.0. The lowest BCUT2D eigenvalue weighted by Crippen LogP contribution is -2.30. The summed E-state index contributed by atoms with van der Waals surface area (Å²) in [6.45, 7) is 7.43. The number of hydrogen-bond acceptors (Lipinski definition) is 5. The van der Waals surface area contributed by atoms with Crippen LogP contribution in [0.2, 0.25) is 0 Å². The molecule has 0 saturated carbocycles. The smallest absolute Gasteiger partial charge is 0.342 e. The van der Waals surface area contributed by atoms with E-state index in [1.54, 1.807) is 36.3 Å². The second kappa shape index (κ2) is 9.70. The maximum atomic E-state index is 13.2. The molecule has 0 radical (unpaired) electrons. The van der Waals surface area contributed by atoms with Crippen LogP contribution in [0.1, 0.15) is 34.0 Å². The van der Waals surface area contributed by atoms with E-state index in [1.807, 2.05) is 69.3 Å². The number of hydrogen-bond donors (Lipinski definition) is 1. The number of carbonyl (C=O) groups excluding carboxylic acids is 2. The Morgan fingerprint density at radius 2 is 1.71 bits per heavy atom. The number of aromatic nitrogens is 3. The van der Waals surface area contributed by atoms with Crippen molar-refractivity contribution >= 4 is 17.6 Å². The van der Waals surface area contributed by atoms with Crippen molar-refractivity contribution in [3.05, 3.63) is 95.4 Å². The molecule has 0 saturated heterocycles. The van der Waals surface area contributed by atoms with E-state index in [-0.39, 0.29) is 5.56 Å². The van der Waals surface area contributed by atoms with E-state index in [0.717, 1.165) is 28.1 Å². The van der Waals surface area contributed by atoms with Crippen molar-refractivity contribution < 1.29 is 14.3 Å². The number of nitrogens with zero attached hydrogens (tertiary/aromatic N) is 3. The number of amides is 1. The maximum Gasteiger partial charge on any atom is 0.342 e. The maximum absolute atomic E-state index is 13.2. The minimum Gasteiger partial charge on any atom is -0.449 e. The van der Waals surface area contributed by atoms with Crippen LogP contribution in [-0.4, -0.2) is 32.7 Å². The quantitative estimate of drug-likeness (QED) is 0.412. The second-order valence-corrected chi connectivity index (χ2v) is 8.22. The van der Waals surface area contributed by atoms with Crippen molar-refractivity contribution in [2.75, 3.05) is 5.32 Å². The summed E-state index contributed by atoms with van der Waals surface area (Å²) >= 11 is 0. The third-order valence-electron chi connectivity index (χ3n) is 5.47. The molecule has 34 heavy (non-hydrogen) atoms. The molecule has 7 nitrogen and oxygen atoms in total. The zero-order valence-electron chi connectivity index (χ0n) is 19.6. The van der Waals surface area contributed by atoms with E-state index in [4.69, 9.17) is 4.74 Å². The number of aryl methyl sites for hydroxylation is 3. The Bertz CT molecular complexity index is 1310. The first-order valence-electron chi connectivity index (χ1n) is 11.0. The minimum absolute atomic E-state index is 0.249. The molecular formula is C27H26N4O3. The van der Waals surface area contributed by atoms with Gasteiger partial charge in [-0.1, -0.05) is 35.9 Å². The number of esters is 1. The van der Waals surface area contributed by atoms with E-state index in [9.17, 15) is 9.59 Å². The van der Waals surface area contributed by atoms with Gasteiger partial charge in [-0.3, -0.25) is 9.78 Å². The van der Waals surface area contributed by atoms with Gasteiger partial charge in [-0.25, -0.2) is 9.48 Å². The average Bonchev–Trinajstić information content (AvgIpc) is 3.28. The highest BCUT2D eigenvalue weighted by Crippen LogP contribution is 2.25. The summed E-state index contributed by atoms with van der Waals surface area (Å²) in [5.74, 6) is -1.04. The van der Waals surface area contributed by atoms with Gasteiger partial charge in [0.15, 0.2) is 6.10 Å². The van der Waals surface area contributed by atoms with Crippen LogP contribution in [0.3, 0.4) is 0 Å². The van der Waals surface area contributed by atoms with Gasteiger partial charge in [0.2, 0.25) is 0 Å². The zero-order valence-corrected chi connectivity index (χ0v) is 19.6. The number of anilines is 1. The molecule has 7 heteroatoms. The van der Waals surface area contributed by atoms with Crippen molar-refractivity contribution in [1.29, 1.82) is 0 Å². The van der Waals surface area contributed by atoms with Crippen molar-refractivity contribution in [1.82, 2.24) is 14.8 Å². The Kier molecular flexibility index (Phi) is 6.54. The van der Waals surface area contributed by atoms with Crippen LogP contribution in [0.15, 0.2) is 73.2 Å². The fourth-order valence-electron chi connectivity index (χ4n) is 3.83.